The molecule has 0 bridgehead atoms. The van der Waals surface area contributed by atoms with Gasteiger partial charge in [0.25, 0.3) is 0 Å². The molecule has 0 saturated carbocycles. The van der Waals surface area contributed by atoms with Gasteiger partial charge in [-0.25, -0.2) is 0 Å². The monoisotopic (exact) mass is 341 g/mol. The minimum Gasteiger partial charge on any atom is -0.507 e. The summed E-state index contributed by atoms with van der Waals surface area (Å²) in [7, 11) is 0. The SMILES string of the molecule is NC(=S)N/N=C/c1cc(O)c2c(c1)C(=O)c1cccc(O)c1C2=O. The lowest BCUT2D eigenvalue weighted by Crippen LogP contribution is -2.24. The van der Waals surface area contributed by atoms with Gasteiger partial charge in [-0.05, 0) is 36.0 Å². The minimum atomic E-state index is -0.611. The quantitative estimate of drug-likeness (QED) is 0.312. The number of nitrogens with one attached hydrogen (secondary N) is 1. The first kappa shape index (κ1) is 15.6. The molecule has 5 N–H and O–H groups in total. The van der Waals surface area contributed by atoms with Crippen LogP contribution in [0.3, 0.4) is 0 Å². The fourth-order valence-corrected chi connectivity index (χ4v) is 2.60. The van der Waals surface area contributed by atoms with Crippen LogP contribution in [0.5, 0.6) is 11.5 Å². The van der Waals surface area contributed by atoms with E-state index in [-0.39, 0.29) is 38.9 Å². The highest BCUT2D eigenvalue weighted by Gasteiger charge is 2.34. The van der Waals surface area contributed by atoms with E-state index >= 15 is 0 Å². The maximum absolute atomic E-state index is 12.6. The Bertz CT molecular complexity index is 937. The number of thiocarbonyl (C=S) groups is 1. The minimum absolute atomic E-state index is 0.0369. The van der Waals surface area contributed by atoms with Gasteiger partial charge in [0.1, 0.15) is 11.5 Å². The maximum atomic E-state index is 12.6. The van der Waals surface area contributed by atoms with Crippen LogP contribution in [-0.4, -0.2) is 33.1 Å². The second-order valence-electron chi connectivity index (χ2n) is 5.05. The third kappa shape index (κ3) is 2.48. The number of phenolic OH excluding ortho intramolecular Hbond substituents is 2. The number of aromatic hydroxyl groups is 2. The largest absolute Gasteiger partial charge is 0.507 e. The zero-order valence-corrected chi connectivity index (χ0v) is 12.9. The number of nitrogens with two attached hydrogens (primary N) is 1. The number of hydrazone groups is 1. The van der Waals surface area contributed by atoms with Gasteiger partial charge in [-0.15, -0.1) is 0 Å². The first-order valence-corrected chi connectivity index (χ1v) is 7.18. The number of phenols is 2. The van der Waals surface area contributed by atoms with Crippen LogP contribution in [0.25, 0.3) is 0 Å². The Hall–Kier alpha value is -3.26. The van der Waals surface area contributed by atoms with E-state index in [1.807, 2.05) is 0 Å². The Balaban J connectivity index is 2.13. The van der Waals surface area contributed by atoms with E-state index in [1.165, 1.54) is 36.5 Å². The van der Waals surface area contributed by atoms with Crippen molar-refractivity contribution in [1.82, 2.24) is 5.43 Å². The smallest absolute Gasteiger partial charge is 0.201 e. The van der Waals surface area contributed by atoms with Crippen molar-refractivity contribution in [3.63, 3.8) is 0 Å². The van der Waals surface area contributed by atoms with Crippen LogP contribution in [0.1, 0.15) is 37.4 Å². The highest BCUT2D eigenvalue weighted by molar-refractivity contribution is 7.80. The van der Waals surface area contributed by atoms with Crippen LogP contribution in [0.15, 0.2) is 35.4 Å². The van der Waals surface area contributed by atoms with Crippen molar-refractivity contribution in [3.05, 3.63) is 58.1 Å². The molecule has 7 nitrogen and oxygen atoms in total. The molecule has 0 spiro atoms. The van der Waals surface area contributed by atoms with E-state index in [4.69, 9.17) is 5.73 Å². The Kier molecular flexibility index (Phi) is 3.74. The van der Waals surface area contributed by atoms with Crippen molar-refractivity contribution in [3.8, 4) is 11.5 Å². The molecule has 0 atom stereocenters. The number of benzene rings is 2. The predicted octanol–water partition coefficient (Wildman–Crippen LogP) is 1.04. The molecule has 0 amide bonds. The van der Waals surface area contributed by atoms with Crippen molar-refractivity contribution >= 4 is 35.1 Å². The lowest BCUT2D eigenvalue weighted by atomic mass is 9.82. The molecule has 0 aromatic heterocycles. The molecule has 0 radical (unpaired) electrons. The summed E-state index contributed by atoms with van der Waals surface area (Å²) in [4.78, 5) is 25.2. The summed E-state index contributed by atoms with van der Waals surface area (Å²) in [6, 6.07) is 6.94. The Morgan fingerprint density at radius 1 is 1.08 bits per heavy atom. The van der Waals surface area contributed by atoms with Gasteiger partial charge in [0, 0.05) is 11.1 Å². The molecule has 1 aliphatic carbocycles. The molecule has 2 aromatic rings. The average molecular weight is 341 g/mol. The van der Waals surface area contributed by atoms with Crippen molar-refractivity contribution in [2.45, 2.75) is 0 Å². The van der Waals surface area contributed by atoms with Crippen LogP contribution in [-0.2, 0) is 0 Å². The van der Waals surface area contributed by atoms with Crippen LogP contribution < -0.4 is 11.2 Å². The van der Waals surface area contributed by atoms with Crippen molar-refractivity contribution in [1.29, 1.82) is 0 Å². The number of fused-ring (bicyclic) bond motifs is 2. The summed E-state index contributed by atoms with van der Waals surface area (Å²) >= 11 is 4.61. The van der Waals surface area contributed by atoms with E-state index in [1.54, 1.807) is 0 Å². The molecule has 120 valence electrons. The van der Waals surface area contributed by atoms with Crippen molar-refractivity contribution in [2.75, 3.05) is 0 Å². The van der Waals surface area contributed by atoms with Crippen LogP contribution in [0, 0.1) is 0 Å². The topological polar surface area (TPSA) is 125 Å². The van der Waals surface area contributed by atoms with Gasteiger partial charge < -0.3 is 15.9 Å². The molecule has 1 aliphatic rings. The number of carbonyl (C=O) groups excluding carboxylic acids is 2. The predicted molar refractivity (Wildman–Crippen MR) is 90.6 cm³/mol. The average Bonchev–Trinajstić information content (AvgIpc) is 2.51. The Labute approximate surface area is 141 Å². The van der Waals surface area contributed by atoms with E-state index in [9.17, 15) is 19.8 Å². The van der Waals surface area contributed by atoms with Gasteiger partial charge in [-0.2, -0.15) is 5.10 Å². The van der Waals surface area contributed by atoms with Gasteiger partial charge in [-0.3, -0.25) is 15.0 Å². The van der Waals surface area contributed by atoms with Crippen molar-refractivity contribution in [2.24, 2.45) is 10.8 Å². The van der Waals surface area contributed by atoms with Crippen molar-refractivity contribution < 1.29 is 19.8 Å². The first-order chi connectivity index (χ1) is 11.4. The molecule has 24 heavy (non-hydrogen) atoms. The summed E-state index contributed by atoms with van der Waals surface area (Å²) in [5.74, 6) is -1.76. The highest BCUT2D eigenvalue weighted by Crippen LogP contribution is 2.36. The van der Waals surface area contributed by atoms with E-state index in [0.29, 0.717) is 5.56 Å². The third-order valence-corrected chi connectivity index (χ3v) is 3.61. The molecular formula is C16H11N3O4S. The lowest BCUT2D eigenvalue weighted by Gasteiger charge is -2.19. The zero-order chi connectivity index (χ0) is 17.4. The third-order valence-electron chi connectivity index (χ3n) is 3.51. The first-order valence-electron chi connectivity index (χ1n) is 6.77. The molecule has 0 saturated heterocycles. The van der Waals surface area contributed by atoms with Gasteiger partial charge >= 0.3 is 0 Å². The number of rotatable bonds is 2. The molecule has 8 heteroatoms. The van der Waals surface area contributed by atoms with Gasteiger partial charge in [0.15, 0.2) is 10.9 Å². The molecule has 0 aliphatic heterocycles. The Morgan fingerprint density at radius 3 is 2.50 bits per heavy atom. The number of carbonyl (C=O) groups is 2. The summed E-state index contributed by atoms with van der Waals surface area (Å²) in [5, 5.41) is 23.7. The lowest BCUT2D eigenvalue weighted by molar-refractivity contribution is 0.0974. The fourth-order valence-electron chi connectivity index (χ4n) is 2.55. The van der Waals surface area contributed by atoms with Gasteiger partial charge in [-0.1, -0.05) is 12.1 Å². The number of hydrogen-bond acceptors (Lipinski definition) is 6. The summed E-state index contributed by atoms with van der Waals surface area (Å²) in [5.41, 5.74) is 7.83. The number of ketones is 2. The summed E-state index contributed by atoms with van der Waals surface area (Å²) in [6.07, 6.45) is 1.30. The second-order valence-corrected chi connectivity index (χ2v) is 5.49. The van der Waals surface area contributed by atoms with Crippen LogP contribution >= 0.6 is 12.2 Å². The number of nitrogens with zero attached hydrogens (tertiary/aromatic N) is 1. The maximum Gasteiger partial charge on any atom is 0.201 e. The highest BCUT2D eigenvalue weighted by atomic mass is 32.1. The standard InChI is InChI=1S/C16H11N3O4S/c17-16(24)19-18-6-7-4-9-13(11(21)5-7)15(23)12-8(14(9)22)2-1-3-10(12)20/h1-6,20-21H,(H3,17,19,24)/b18-6+. The fraction of sp³-hybridized carbons (Fsp3) is 0. The molecule has 3 rings (SSSR count). The van der Waals surface area contributed by atoms with E-state index < -0.39 is 11.6 Å². The molecule has 0 heterocycles. The van der Waals surface area contributed by atoms with Crippen LogP contribution in [0.4, 0.5) is 0 Å². The normalized spacial score (nSPS) is 12.8. The van der Waals surface area contributed by atoms with Crippen LogP contribution in [0.2, 0.25) is 0 Å². The van der Waals surface area contributed by atoms with E-state index in [2.05, 4.69) is 22.7 Å². The molecule has 0 fully saturated rings. The number of hydrogen-bond donors (Lipinski definition) is 4. The summed E-state index contributed by atoms with van der Waals surface area (Å²) in [6.45, 7) is 0. The van der Waals surface area contributed by atoms with Gasteiger partial charge in [0.2, 0.25) is 5.78 Å². The second kappa shape index (κ2) is 5.74. The Morgan fingerprint density at radius 2 is 1.79 bits per heavy atom. The summed E-state index contributed by atoms with van der Waals surface area (Å²) < 4.78 is 0. The molecule has 0 unspecified atom stereocenters. The zero-order valence-electron chi connectivity index (χ0n) is 12.1. The molecular weight excluding hydrogens is 330 g/mol. The van der Waals surface area contributed by atoms with E-state index in [0.717, 1.165) is 0 Å². The van der Waals surface area contributed by atoms with Gasteiger partial charge in [0.05, 0.1) is 17.3 Å². The molecule has 2 aromatic carbocycles.